The Morgan fingerprint density at radius 3 is 2.35 bits per heavy atom. The Bertz CT molecular complexity index is 748. The molecule has 0 amide bonds. The molecule has 20 heavy (non-hydrogen) atoms. The Hall–Kier alpha value is -1.46. The quantitative estimate of drug-likeness (QED) is 0.628. The molecule has 0 fully saturated rings. The maximum atomic E-state index is 4.24. The predicted octanol–water partition coefficient (Wildman–Crippen LogP) is 4.77. The standard InChI is InChI=1S/C15H11Br2N3/c1-10-8-13(17)6-7-15(10)20-9-14(18-19-20)11-2-4-12(16)5-3-11/h2-9H,1H3. The smallest absolute Gasteiger partial charge is 0.113 e. The first-order chi connectivity index (χ1) is 9.63. The number of aromatic nitrogens is 3. The highest BCUT2D eigenvalue weighted by molar-refractivity contribution is 9.10. The molecule has 0 aliphatic carbocycles. The van der Waals surface area contributed by atoms with Gasteiger partial charge in [-0.15, -0.1) is 5.10 Å². The Labute approximate surface area is 133 Å². The highest BCUT2D eigenvalue weighted by Gasteiger charge is 2.07. The van der Waals surface area contributed by atoms with Crippen LogP contribution in [0, 0.1) is 6.92 Å². The second kappa shape index (κ2) is 5.50. The molecule has 5 heteroatoms. The van der Waals surface area contributed by atoms with Crippen LogP contribution in [0.2, 0.25) is 0 Å². The van der Waals surface area contributed by atoms with Gasteiger partial charge in [0.2, 0.25) is 0 Å². The molecular weight excluding hydrogens is 382 g/mol. The average Bonchev–Trinajstić information content (AvgIpc) is 2.89. The number of nitrogens with zero attached hydrogens (tertiary/aromatic N) is 3. The summed E-state index contributed by atoms with van der Waals surface area (Å²) in [6.45, 7) is 2.06. The van der Waals surface area contributed by atoms with Crippen molar-refractivity contribution >= 4 is 31.9 Å². The maximum Gasteiger partial charge on any atom is 0.113 e. The van der Waals surface area contributed by atoms with Crippen molar-refractivity contribution in [1.82, 2.24) is 15.0 Å². The third-order valence-electron chi connectivity index (χ3n) is 3.04. The average molecular weight is 393 g/mol. The van der Waals surface area contributed by atoms with Crippen molar-refractivity contribution in [3.63, 3.8) is 0 Å². The molecule has 2 aromatic carbocycles. The summed E-state index contributed by atoms with van der Waals surface area (Å²) < 4.78 is 3.92. The molecule has 0 N–H and O–H groups in total. The summed E-state index contributed by atoms with van der Waals surface area (Å²) in [6.07, 6.45) is 1.94. The van der Waals surface area contributed by atoms with E-state index < -0.39 is 0 Å². The molecule has 0 spiro atoms. The monoisotopic (exact) mass is 391 g/mol. The van der Waals surface area contributed by atoms with Crippen molar-refractivity contribution in [3.05, 3.63) is 63.2 Å². The topological polar surface area (TPSA) is 30.7 Å². The van der Waals surface area contributed by atoms with E-state index in [0.29, 0.717) is 0 Å². The first kappa shape index (κ1) is 13.5. The fourth-order valence-corrected chi connectivity index (χ4v) is 2.75. The Kier molecular flexibility index (Phi) is 3.72. The van der Waals surface area contributed by atoms with Crippen molar-refractivity contribution in [1.29, 1.82) is 0 Å². The first-order valence-corrected chi connectivity index (χ1v) is 7.67. The van der Waals surface area contributed by atoms with Gasteiger partial charge in [0.15, 0.2) is 0 Å². The molecule has 0 unspecified atom stereocenters. The zero-order valence-corrected chi connectivity index (χ0v) is 13.9. The van der Waals surface area contributed by atoms with Crippen molar-refractivity contribution in [2.45, 2.75) is 6.92 Å². The molecule has 3 rings (SSSR count). The number of halogens is 2. The minimum Gasteiger partial charge on any atom is -0.220 e. The zero-order chi connectivity index (χ0) is 14.1. The minimum absolute atomic E-state index is 0.861. The van der Waals surface area contributed by atoms with E-state index in [9.17, 15) is 0 Å². The van der Waals surface area contributed by atoms with E-state index in [1.54, 1.807) is 4.68 Å². The van der Waals surface area contributed by atoms with E-state index in [2.05, 4.69) is 55.2 Å². The molecule has 0 aliphatic heterocycles. The SMILES string of the molecule is Cc1cc(Br)ccc1-n1cc(-c2ccc(Br)cc2)nn1. The highest BCUT2D eigenvalue weighted by atomic mass is 79.9. The van der Waals surface area contributed by atoms with Gasteiger partial charge >= 0.3 is 0 Å². The maximum absolute atomic E-state index is 4.24. The fourth-order valence-electron chi connectivity index (χ4n) is 2.01. The second-order valence-corrected chi connectivity index (χ2v) is 6.32. The summed E-state index contributed by atoms with van der Waals surface area (Å²) in [4.78, 5) is 0. The molecule has 0 radical (unpaired) electrons. The number of benzene rings is 2. The van der Waals surface area contributed by atoms with Crippen LogP contribution >= 0.6 is 31.9 Å². The summed E-state index contributed by atoms with van der Waals surface area (Å²) >= 11 is 6.90. The van der Waals surface area contributed by atoms with E-state index in [4.69, 9.17) is 0 Å². The van der Waals surface area contributed by atoms with E-state index in [0.717, 1.165) is 31.5 Å². The van der Waals surface area contributed by atoms with Gasteiger partial charge in [-0.25, -0.2) is 4.68 Å². The van der Waals surface area contributed by atoms with Gasteiger partial charge in [-0.2, -0.15) is 0 Å². The minimum atomic E-state index is 0.861. The number of hydrogen-bond donors (Lipinski definition) is 0. The van der Waals surface area contributed by atoms with Gasteiger partial charge < -0.3 is 0 Å². The van der Waals surface area contributed by atoms with Gasteiger partial charge in [-0.05, 0) is 42.8 Å². The van der Waals surface area contributed by atoms with Gasteiger partial charge in [0.05, 0.1) is 11.9 Å². The molecule has 0 bridgehead atoms. The van der Waals surface area contributed by atoms with Crippen LogP contribution in [-0.2, 0) is 0 Å². The molecule has 1 aromatic heterocycles. The predicted molar refractivity (Wildman–Crippen MR) is 86.9 cm³/mol. The van der Waals surface area contributed by atoms with Crippen LogP contribution in [0.5, 0.6) is 0 Å². The third-order valence-corrected chi connectivity index (χ3v) is 4.06. The van der Waals surface area contributed by atoms with Gasteiger partial charge in [0, 0.05) is 14.5 Å². The second-order valence-electron chi connectivity index (χ2n) is 4.49. The van der Waals surface area contributed by atoms with Crippen LogP contribution in [0.15, 0.2) is 57.6 Å². The molecule has 1 heterocycles. The van der Waals surface area contributed by atoms with Crippen LogP contribution in [0.4, 0.5) is 0 Å². The lowest BCUT2D eigenvalue weighted by Crippen LogP contribution is -1.97. The van der Waals surface area contributed by atoms with Crippen LogP contribution in [0.1, 0.15) is 5.56 Å². The largest absolute Gasteiger partial charge is 0.220 e. The molecule has 0 aliphatic rings. The van der Waals surface area contributed by atoms with E-state index in [-0.39, 0.29) is 0 Å². The molecule has 3 aromatic rings. The summed E-state index contributed by atoms with van der Waals surface area (Å²) in [6, 6.07) is 14.1. The number of aryl methyl sites for hydroxylation is 1. The summed E-state index contributed by atoms with van der Waals surface area (Å²) in [5, 5.41) is 8.46. The van der Waals surface area contributed by atoms with E-state index >= 15 is 0 Å². The Morgan fingerprint density at radius 1 is 0.950 bits per heavy atom. The third kappa shape index (κ3) is 2.69. The fraction of sp³-hybridized carbons (Fsp3) is 0.0667. The van der Waals surface area contributed by atoms with E-state index in [1.807, 2.05) is 42.6 Å². The summed E-state index contributed by atoms with van der Waals surface area (Å²) in [5.74, 6) is 0. The van der Waals surface area contributed by atoms with Crippen LogP contribution in [0.25, 0.3) is 16.9 Å². The number of hydrogen-bond acceptors (Lipinski definition) is 2. The van der Waals surface area contributed by atoms with Gasteiger partial charge in [0.1, 0.15) is 5.69 Å². The highest BCUT2D eigenvalue weighted by Crippen LogP contribution is 2.22. The van der Waals surface area contributed by atoms with Gasteiger partial charge in [-0.1, -0.05) is 49.2 Å². The summed E-state index contributed by atoms with van der Waals surface area (Å²) in [7, 11) is 0. The van der Waals surface area contributed by atoms with E-state index in [1.165, 1.54) is 0 Å². The Balaban J connectivity index is 1.99. The normalized spacial score (nSPS) is 10.8. The zero-order valence-electron chi connectivity index (χ0n) is 10.7. The Morgan fingerprint density at radius 2 is 1.65 bits per heavy atom. The molecule has 0 saturated carbocycles. The molecule has 0 saturated heterocycles. The molecule has 0 atom stereocenters. The van der Waals surface area contributed by atoms with Crippen molar-refractivity contribution in [2.75, 3.05) is 0 Å². The first-order valence-electron chi connectivity index (χ1n) is 6.08. The van der Waals surface area contributed by atoms with Crippen molar-refractivity contribution in [2.24, 2.45) is 0 Å². The molecule has 100 valence electrons. The van der Waals surface area contributed by atoms with Crippen molar-refractivity contribution < 1.29 is 0 Å². The lowest BCUT2D eigenvalue weighted by molar-refractivity contribution is 0.799. The molecule has 3 nitrogen and oxygen atoms in total. The van der Waals surface area contributed by atoms with Crippen LogP contribution in [-0.4, -0.2) is 15.0 Å². The van der Waals surface area contributed by atoms with Crippen molar-refractivity contribution in [3.8, 4) is 16.9 Å². The summed E-state index contributed by atoms with van der Waals surface area (Å²) in [5.41, 5.74) is 4.09. The van der Waals surface area contributed by atoms with Gasteiger partial charge in [0.25, 0.3) is 0 Å². The number of rotatable bonds is 2. The molecular formula is C15H11Br2N3. The lowest BCUT2D eigenvalue weighted by Gasteiger charge is -2.04. The lowest BCUT2D eigenvalue weighted by atomic mass is 10.2. The van der Waals surface area contributed by atoms with Crippen LogP contribution < -0.4 is 0 Å². The van der Waals surface area contributed by atoms with Gasteiger partial charge in [-0.3, -0.25) is 0 Å². The van der Waals surface area contributed by atoms with Crippen LogP contribution in [0.3, 0.4) is 0 Å².